The van der Waals surface area contributed by atoms with E-state index in [1.807, 2.05) is 0 Å². The molecule has 0 saturated heterocycles. The predicted octanol–water partition coefficient (Wildman–Crippen LogP) is 11.2. The zero-order chi connectivity index (χ0) is 25.9. The molecule has 1 aromatic rings. The quantitative estimate of drug-likeness (QED) is 0.225. The fraction of sp³-hybridized carbons (Fsp3) is 0.824. The van der Waals surface area contributed by atoms with Gasteiger partial charge in [-0.05, 0) is 90.1 Å². The van der Waals surface area contributed by atoms with Gasteiger partial charge in [0.05, 0.1) is 0 Å². The first-order chi connectivity index (χ1) is 15.8. The lowest BCUT2D eigenvalue weighted by atomic mass is 9.65. The van der Waals surface area contributed by atoms with Gasteiger partial charge in [0.15, 0.2) is 0 Å². The highest BCUT2D eigenvalue weighted by atomic mass is 14.4. The topological polar surface area (TPSA) is 0 Å². The summed E-state index contributed by atoms with van der Waals surface area (Å²) in [7, 11) is 0. The molecule has 0 amide bonds. The molecule has 0 nitrogen and oxygen atoms in total. The van der Waals surface area contributed by atoms with E-state index < -0.39 is 0 Å². The normalized spacial score (nSPS) is 17.9. The van der Waals surface area contributed by atoms with Crippen molar-refractivity contribution in [2.75, 3.05) is 0 Å². The van der Waals surface area contributed by atoms with Crippen LogP contribution >= 0.6 is 0 Å². The van der Waals surface area contributed by atoms with Gasteiger partial charge in [0.1, 0.15) is 0 Å². The van der Waals surface area contributed by atoms with Crippen LogP contribution in [0.4, 0.5) is 0 Å². The molecule has 5 unspecified atom stereocenters. The van der Waals surface area contributed by atoms with Crippen molar-refractivity contribution < 1.29 is 0 Å². The second kappa shape index (κ2) is 14.7. The van der Waals surface area contributed by atoms with Crippen LogP contribution in [-0.2, 0) is 12.8 Å². The van der Waals surface area contributed by atoms with Gasteiger partial charge >= 0.3 is 0 Å². The minimum absolute atomic E-state index is 0.431. The van der Waals surface area contributed by atoms with Crippen LogP contribution < -0.4 is 0 Å². The van der Waals surface area contributed by atoms with Gasteiger partial charge in [-0.1, -0.05) is 126 Å². The molecule has 0 heteroatoms. The van der Waals surface area contributed by atoms with Crippen LogP contribution in [0.2, 0.25) is 0 Å². The van der Waals surface area contributed by atoms with Gasteiger partial charge in [-0.25, -0.2) is 0 Å². The summed E-state index contributed by atoms with van der Waals surface area (Å²) in [5.74, 6) is 4.03. The number of rotatable bonds is 16. The Morgan fingerprint density at radius 2 is 1.24 bits per heavy atom. The van der Waals surface area contributed by atoms with Crippen molar-refractivity contribution in [3.63, 3.8) is 0 Å². The first kappa shape index (κ1) is 31.3. The van der Waals surface area contributed by atoms with Crippen molar-refractivity contribution in [2.45, 2.75) is 140 Å². The van der Waals surface area contributed by atoms with Gasteiger partial charge in [0.2, 0.25) is 0 Å². The molecule has 0 fully saturated rings. The number of hydrogen-bond acceptors (Lipinski definition) is 0. The van der Waals surface area contributed by atoms with Crippen LogP contribution in [0.3, 0.4) is 0 Å². The third kappa shape index (κ3) is 11.3. The third-order valence-corrected chi connectivity index (χ3v) is 9.14. The molecule has 5 atom stereocenters. The van der Waals surface area contributed by atoms with Crippen molar-refractivity contribution >= 4 is 0 Å². The second-order valence-corrected chi connectivity index (χ2v) is 13.9. The standard InChI is InChI=1S/C34H62/c1-12-29(7)34(11,23-22-32(13-2)33(8,9)10)25-28(6)15-14-27(5)16-17-30-18-20-31(21-19-30)24-26(3)4/h18-21,26-29,32H,12-17,22-25H2,1-11H3. The monoisotopic (exact) mass is 470 g/mol. The van der Waals surface area contributed by atoms with E-state index in [4.69, 9.17) is 0 Å². The maximum atomic E-state index is 2.61. The van der Waals surface area contributed by atoms with Crippen LogP contribution in [0.25, 0.3) is 0 Å². The molecule has 34 heavy (non-hydrogen) atoms. The number of aryl methyl sites for hydroxylation is 1. The molecule has 0 aromatic heterocycles. The fourth-order valence-electron chi connectivity index (χ4n) is 6.13. The van der Waals surface area contributed by atoms with Gasteiger partial charge in [-0.2, -0.15) is 0 Å². The van der Waals surface area contributed by atoms with Crippen LogP contribution in [0.5, 0.6) is 0 Å². The summed E-state index contributed by atoms with van der Waals surface area (Å²) in [5, 5.41) is 0. The Morgan fingerprint density at radius 3 is 1.74 bits per heavy atom. The van der Waals surface area contributed by atoms with E-state index in [2.05, 4.69) is 100 Å². The summed E-state index contributed by atoms with van der Waals surface area (Å²) in [6, 6.07) is 9.43. The molecule has 0 aliphatic heterocycles. The van der Waals surface area contributed by atoms with Gasteiger partial charge in [0.25, 0.3) is 0 Å². The molecule has 0 heterocycles. The smallest absolute Gasteiger partial charge is 0.0256 e. The third-order valence-electron chi connectivity index (χ3n) is 9.14. The molecule has 0 radical (unpaired) electrons. The van der Waals surface area contributed by atoms with E-state index in [1.165, 1.54) is 75.3 Å². The average molecular weight is 471 g/mol. The average Bonchev–Trinajstić information content (AvgIpc) is 2.75. The van der Waals surface area contributed by atoms with E-state index in [-0.39, 0.29) is 0 Å². The highest BCUT2D eigenvalue weighted by Crippen LogP contribution is 2.44. The highest BCUT2D eigenvalue weighted by Gasteiger charge is 2.34. The fourth-order valence-corrected chi connectivity index (χ4v) is 6.13. The Balaban J connectivity index is 2.54. The molecular formula is C34H62. The largest absolute Gasteiger partial charge is 0.0651 e. The molecule has 0 saturated carbocycles. The molecular weight excluding hydrogens is 408 g/mol. The molecule has 1 rings (SSSR count). The van der Waals surface area contributed by atoms with Gasteiger partial charge in [0, 0.05) is 0 Å². The summed E-state index contributed by atoms with van der Waals surface area (Å²) < 4.78 is 0. The van der Waals surface area contributed by atoms with Crippen molar-refractivity contribution in [1.29, 1.82) is 0 Å². The first-order valence-electron chi connectivity index (χ1n) is 14.9. The summed E-state index contributed by atoms with van der Waals surface area (Å²) in [4.78, 5) is 0. The molecule has 198 valence electrons. The van der Waals surface area contributed by atoms with Gasteiger partial charge in [-0.15, -0.1) is 0 Å². The molecule has 0 aliphatic rings. The zero-order valence-electron chi connectivity index (χ0n) is 25.3. The first-order valence-corrected chi connectivity index (χ1v) is 14.9. The van der Waals surface area contributed by atoms with Crippen LogP contribution in [0.1, 0.15) is 139 Å². The Labute approximate surface area is 216 Å². The Kier molecular flexibility index (Phi) is 13.5. The van der Waals surface area contributed by atoms with Crippen molar-refractivity contribution in [2.24, 2.45) is 40.4 Å². The van der Waals surface area contributed by atoms with Crippen LogP contribution in [0, 0.1) is 40.4 Å². The Hall–Kier alpha value is -0.780. The summed E-state index contributed by atoms with van der Waals surface area (Å²) in [5.41, 5.74) is 3.91. The summed E-state index contributed by atoms with van der Waals surface area (Å²) >= 11 is 0. The van der Waals surface area contributed by atoms with Crippen LogP contribution in [-0.4, -0.2) is 0 Å². The maximum absolute atomic E-state index is 2.61. The lowest BCUT2D eigenvalue weighted by molar-refractivity contribution is 0.101. The van der Waals surface area contributed by atoms with E-state index >= 15 is 0 Å². The lowest BCUT2D eigenvalue weighted by Gasteiger charge is -2.40. The van der Waals surface area contributed by atoms with E-state index in [9.17, 15) is 0 Å². The number of hydrogen-bond donors (Lipinski definition) is 0. The molecule has 1 aromatic carbocycles. The maximum Gasteiger partial charge on any atom is -0.0256 e. The van der Waals surface area contributed by atoms with Crippen molar-refractivity contribution in [3.05, 3.63) is 35.4 Å². The molecule has 0 aliphatic carbocycles. The van der Waals surface area contributed by atoms with Gasteiger partial charge in [-0.3, -0.25) is 0 Å². The van der Waals surface area contributed by atoms with Crippen LogP contribution in [0.15, 0.2) is 24.3 Å². The number of benzene rings is 1. The molecule has 0 bridgehead atoms. The van der Waals surface area contributed by atoms with Crippen molar-refractivity contribution in [1.82, 2.24) is 0 Å². The Morgan fingerprint density at radius 1 is 0.676 bits per heavy atom. The second-order valence-electron chi connectivity index (χ2n) is 13.9. The minimum Gasteiger partial charge on any atom is -0.0651 e. The summed E-state index contributed by atoms with van der Waals surface area (Å²) in [6.07, 6.45) is 13.3. The minimum atomic E-state index is 0.431. The summed E-state index contributed by atoms with van der Waals surface area (Å²) in [6.45, 7) is 26.8. The molecule has 0 spiro atoms. The lowest BCUT2D eigenvalue weighted by Crippen LogP contribution is -2.30. The highest BCUT2D eigenvalue weighted by molar-refractivity contribution is 5.23. The van der Waals surface area contributed by atoms with E-state index in [0.717, 1.165) is 29.6 Å². The predicted molar refractivity (Wildman–Crippen MR) is 156 cm³/mol. The Bertz CT molecular complexity index is 646. The van der Waals surface area contributed by atoms with Gasteiger partial charge < -0.3 is 0 Å². The SMILES string of the molecule is CCC(CCC(C)(CC(C)CCC(C)CCc1ccc(CC(C)C)cc1)C(C)CC)C(C)(C)C. The molecule has 0 N–H and O–H groups in total. The zero-order valence-corrected chi connectivity index (χ0v) is 25.3. The van der Waals surface area contributed by atoms with E-state index in [0.29, 0.717) is 10.8 Å². The van der Waals surface area contributed by atoms with Crippen molar-refractivity contribution in [3.8, 4) is 0 Å². The van der Waals surface area contributed by atoms with E-state index in [1.54, 1.807) is 0 Å².